The predicted octanol–water partition coefficient (Wildman–Crippen LogP) is 0.419. The van der Waals surface area contributed by atoms with Gasteiger partial charge < -0.3 is 10.8 Å². The fraction of sp³-hybridized carbons (Fsp3) is 0. The molecule has 1 aliphatic heterocycles. The van der Waals surface area contributed by atoms with Crippen molar-refractivity contribution in [2.45, 2.75) is 0 Å². The van der Waals surface area contributed by atoms with Gasteiger partial charge in [0.1, 0.15) is 11.4 Å². The monoisotopic (exact) mass is 353 g/mol. The number of carboxylic acid groups (broad SMARTS) is 1. The number of carbonyl (C=O) groups is 3. The third-order valence-electron chi connectivity index (χ3n) is 3.55. The molecular formula is C14H6F3N3O5. The molecule has 0 aliphatic carbocycles. The Kier molecular flexibility index (Phi) is 3.37. The smallest absolute Gasteiger partial charge is 0.341 e. The van der Waals surface area contributed by atoms with Gasteiger partial charge in [0, 0.05) is 12.1 Å². The number of nitrogens with zero attached hydrogens (tertiary/aromatic N) is 1. The van der Waals surface area contributed by atoms with Crippen molar-refractivity contribution in [1.29, 1.82) is 0 Å². The molecule has 0 fully saturated rings. The number of aromatic nitrogens is 1. The average Bonchev–Trinajstić information content (AvgIpc) is 2.78. The summed E-state index contributed by atoms with van der Waals surface area (Å²) in [5.74, 6) is -10.2. The molecule has 2 heterocycles. The number of hydrogen-bond donors (Lipinski definition) is 3. The van der Waals surface area contributed by atoms with Crippen LogP contribution >= 0.6 is 0 Å². The highest BCUT2D eigenvalue weighted by Crippen LogP contribution is 2.27. The number of aromatic carboxylic acids is 1. The van der Waals surface area contributed by atoms with Crippen molar-refractivity contribution in [3.05, 3.63) is 56.6 Å². The lowest BCUT2D eigenvalue weighted by Gasteiger charge is -2.14. The van der Waals surface area contributed by atoms with Gasteiger partial charge in [0.05, 0.1) is 16.8 Å². The average molecular weight is 353 g/mol. The van der Waals surface area contributed by atoms with Crippen molar-refractivity contribution in [3.63, 3.8) is 0 Å². The zero-order valence-corrected chi connectivity index (χ0v) is 11.9. The molecule has 0 spiro atoms. The van der Waals surface area contributed by atoms with Gasteiger partial charge in [-0.3, -0.25) is 24.3 Å². The fourth-order valence-electron chi connectivity index (χ4n) is 2.47. The highest BCUT2D eigenvalue weighted by molar-refractivity contribution is 6.23. The summed E-state index contributed by atoms with van der Waals surface area (Å²) in [7, 11) is 0. The van der Waals surface area contributed by atoms with Crippen molar-refractivity contribution < 1.29 is 32.7 Å². The van der Waals surface area contributed by atoms with E-state index in [1.54, 1.807) is 0 Å². The van der Waals surface area contributed by atoms with Crippen LogP contribution in [0.2, 0.25) is 0 Å². The van der Waals surface area contributed by atoms with E-state index in [1.165, 1.54) is 0 Å². The minimum atomic E-state index is -2.11. The Morgan fingerprint density at radius 3 is 2.32 bits per heavy atom. The van der Waals surface area contributed by atoms with Gasteiger partial charge in [-0.15, -0.1) is 0 Å². The van der Waals surface area contributed by atoms with Gasteiger partial charge >= 0.3 is 5.97 Å². The number of nitrogen functional groups attached to an aromatic ring is 1. The first-order valence-corrected chi connectivity index (χ1v) is 6.47. The number of benzene rings is 1. The summed E-state index contributed by atoms with van der Waals surface area (Å²) in [6.07, 6.45) is 0. The van der Waals surface area contributed by atoms with Gasteiger partial charge in [0.2, 0.25) is 0 Å². The standard InChI is InChI=1S/C14H6F3N3O5/c15-4-2-5(10(17)8(9(4)16)14(24)25)20-6(21)1-3-7(11(20)18)13(23)19-12(3)22/h1-2H,18H2,(H,24,25)(H,19,22,23). The first-order chi connectivity index (χ1) is 11.6. The minimum Gasteiger partial charge on any atom is -0.477 e. The van der Waals surface area contributed by atoms with Gasteiger partial charge in [0.15, 0.2) is 17.5 Å². The maximum absolute atomic E-state index is 14.4. The first kappa shape index (κ1) is 16.2. The van der Waals surface area contributed by atoms with Crippen LogP contribution in [0.15, 0.2) is 16.9 Å². The van der Waals surface area contributed by atoms with Crippen LogP contribution in [-0.2, 0) is 0 Å². The van der Waals surface area contributed by atoms with Crippen LogP contribution in [0.5, 0.6) is 0 Å². The van der Waals surface area contributed by atoms with E-state index in [1.807, 2.05) is 5.32 Å². The highest BCUT2D eigenvalue weighted by Gasteiger charge is 2.33. The summed E-state index contributed by atoms with van der Waals surface area (Å²) >= 11 is 0. The highest BCUT2D eigenvalue weighted by atomic mass is 19.2. The SMILES string of the molecule is Nc1c2c(cc(=O)n1-c1cc(F)c(F)c(C(=O)O)c1F)C(=O)NC2=O. The number of hydrogen-bond acceptors (Lipinski definition) is 5. The number of fused-ring (bicyclic) bond motifs is 1. The van der Waals surface area contributed by atoms with Crippen LogP contribution < -0.4 is 16.6 Å². The summed E-state index contributed by atoms with van der Waals surface area (Å²) in [5.41, 5.74) is 0.979. The predicted molar refractivity (Wildman–Crippen MR) is 75.1 cm³/mol. The van der Waals surface area contributed by atoms with Crippen LogP contribution in [0.4, 0.5) is 19.0 Å². The molecule has 0 bridgehead atoms. The Balaban J connectivity index is 2.43. The molecule has 0 saturated heterocycles. The van der Waals surface area contributed by atoms with Crippen LogP contribution in [0.3, 0.4) is 0 Å². The lowest BCUT2D eigenvalue weighted by Crippen LogP contribution is -2.26. The molecule has 1 aromatic heterocycles. The molecule has 11 heteroatoms. The number of nitrogens with one attached hydrogen (secondary N) is 1. The number of imide groups is 1. The Bertz CT molecular complexity index is 1060. The molecule has 4 N–H and O–H groups in total. The molecule has 1 aromatic carbocycles. The van der Waals surface area contributed by atoms with E-state index in [0.717, 1.165) is 0 Å². The molecule has 2 aromatic rings. The van der Waals surface area contributed by atoms with Crippen molar-refractivity contribution in [3.8, 4) is 5.69 Å². The van der Waals surface area contributed by atoms with Gasteiger partial charge in [-0.05, 0) is 0 Å². The second-order valence-corrected chi connectivity index (χ2v) is 4.96. The Morgan fingerprint density at radius 1 is 1.08 bits per heavy atom. The number of pyridine rings is 1. The van der Waals surface area contributed by atoms with Crippen molar-refractivity contribution in [2.24, 2.45) is 0 Å². The van der Waals surface area contributed by atoms with E-state index >= 15 is 0 Å². The largest absolute Gasteiger partial charge is 0.477 e. The third kappa shape index (κ3) is 2.16. The van der Waals surface area contributed by atoms with E-state index in [4.69, 9.17) is 10.8 Å². The molecular weight excluding hydrogens is 347 g/mol. The molecule has 0 unspecified atom stereocenters. The molecule has 0 atom stereocenters. The molecule has 1 aliphatic rings. The molecule has 0 saturated carbocycles. The van der Waals surface area contributed by atoms with Crippen molar-refractivity contribution >= 4 is 23.6 Å². The number of anilines is 1. The van der Waals surface area contributed by atoms with Crippen LogP contribution in [-0.4, -0.2) is 27.5 Å². The van der Waals surface area contributed by atoms with E-state index in [-0.39, 0.29) is 16.2 Å². The summed E-state index contributed by atoms with van der Waals surface area (Å²) in [6, 6.07) is 0.864. The second kappa shape index (κ2) is 5.19. The van der Waals surface area contributed by atoms with Gasteiger partial charge in [-0.2, -0.15) is 0 Å². The molecule has 3 rings (SSSR count). The van der Waals surface area contributed by atoms with Crippen LogP contribution in [0.1, 0.15) is 31.1 Å². The number of rotatable bonds is 2. The lowest BCUT2D eigenvalue weighted by atomic mass is 10.1. The maximum atomic E-state index is 14.4. The van der Waals surface area contributed by atoms with E-state index in [0.29, 0.717) is 6.07 Å². The summed E-state index contributed by atoms with van der Waals surface area (Å²) < 4.78 is 41.8. The Labute approximate surface area is 135 Å². The van der Waals surface area contributed by atoms with Gasteiger partial charge in [-0.1, -0.05) is 0 Å². The number of nitrogens with two attached hydrogens (primary N) is 1. The molecule has 8 nitrogen and oxygen atoms in total. The summed E-state index contributed by atoms with van der Waals surface area (Å²) in [6.45, 7) is 0. The lowest BCUT2D eigenvalue weighted by molar-refractivity contribution is 0.0684. The maximum Gasteiger partial charge on any atom is 0.341 e. The van der Waals surface area contributed by atoms with Crippen LogP contribution in [0, 0.1) is 17.5 Å². The van der Waals surface area contributed by atoms with E-state index in [9.17, 15) is 32.3 Å². The third-order valence-corrected chi connectivity index (χ3v) is 3.55. The van der Waals surface area contributed by atoms with Crippen LogP contribution in [0.25, 0.3) is 5.69 Å². The van der Waals surface area contributed by atoms with Crippen molar-refractivity contribution in [2.75, 3.05) is 5.73 Å². The second-order valence-electron chi connectivity index (χ2n) is 4.96. The first-order valence-electron chi connectivity index (χ1n) is 6.47. The van der Waals surface area contributed by atoms with E-state index in [2.05, 4.69) is 0 Å². The summed E-state index contributed by atoms with van der Waals surface area (Å²) in [5, 5.41) is 10.7. The normalized spacial score (nSPS) is 12.9. The molecule has 128 valence electrons. The topological polar surface area (TPSA) is 131 Å². The van der Waals surface area contributed by atoms with Crippen molar-refractivity contribution in [1.82, 2.24) is 9.88 Å². The zero-order chi connectivity index (χ0) is 18.6. The number of amides is 2. The van der Waals surface area contributed by atoms with E-state index < -0.39 is 63.4 Å². The zero-order valence-electron chi connectivity index (χ0n) is 11.9. The quantitative estimate of drug-likeness (QED) is 0.530. The molecule has 0 radical (unpaired) electrons. The number of halogens is 3. The molecule has 25 heavy (non-hydrogen) atoms. The van der Waals surface area contributed by atoms with Gasteiger partial charge in [-0.25, -0.2) is 18.0 Å². The number of carbonyl (C=O) groups excluding carboxylic acids is 2. The van der Waals surface area contributed by atoms with Gasteiger partial charge in [0.25, 0.3) is 17.4 Å². The Hall–Kier alpha value is -3.63. The Morgan fingerprint density at radius 2 is 1.72 bits per heavy atom. The minimum absolute atomic E-state index is 0.218. The molecule has 2 amide bonds. The fourth-order valence-corrected chi connectivity index (χ4v) is 2.47. The summed E-state index contributed by atoms with van der Waals surface area (Å²) in [4.78, 5) is 46.4. The number of carboxylic acids is 1.